The van der Waals surface area contributed by atoms with Crippen LogP contribution in [0.2, 0.25) is 0 Å². The number of carbonyl (C=O) groups is 1. The number of amides is 1. The van der Waals surface area contributed by atoms with E-state index in [-0.39, 0.29) is 11.7 Å². The van der Waals surface area contributed by atoms with E-state index in [4.69, 9.17) is 4.74 Å². The topological polar surface area (TPSA) is 47.6 Å². The van der Waals surface area contributed by atoms with Crippen LogP contribution in [0.1, 0.15) is 24.0 Å². The number of nitrogens with one attached hydrogen (secondary N) is 1. The molecule has 0 aromatic heterocycles. The molecule has 2 rings (SSSR count). The minimum atomic E-state index is -4.37. The summed E-state index contributed by atoms with van der Waals surface area (Å²) in [5.74, 6) is 0.835. The van der Waals surface area contributed by atoms with Crippen LogP contribution in [-0.2, 0) is 11.3 Å². The van der Waals surface area contributed by atoms with Crippen molar-refractivity contribution in [3.8, 4) is 11.5 Å². The lowest BCUT2D eigenvalue weighted by atomic mass is 10.2. The fourth-order valence-electron chi connectivity index (χ4n) is 2.29. The first-order valence-electron chi connectivity index (χ1n) is 8.57. The second-order valence-corrected chi connectivity index (χ2v) is 6.04. The Balaban J connectivity index is 1.64. The van der Waals surface area contributed by atoms with E-state index in [0.717, 1.165) is 16.9 Å². The molecule has 0 fully saturated rings. The van der Waals surface area contributed by atoms with E-state index < -0.39 is 12.8 Å². The molecule has 1 N–H and O–H groups in total. The average Bonchev–Trinajstić information content (AvgIpc) is 2.63. The highest BCUT2D eigenvalue weighted by Crippen LogP contribution is 2.19. The molecule has 0 aliphatic heterocycles. The molecule has 0 heterocycles. The normalized spacial score (nSPS) is 11.1. The smallest absolute Gasteiger partial charge is 0.422 e. The van der Waals surface area contributed by atoms with Gasteiger partial charge in [-0.1, -0.05) is 30.3 Å². The summed E-state index contributed by atoms with van der Waals surface area (Å²) in [7, 11) is 0. The summed E-state index contributed by atoms with van der Waals surface area (Å²) in [5, 5.41) is 2.77. The van der Waals surface area contributed by atoms with Gasteiger partial charge in [0, 0.05) is 13.0 Å². The monoisotopic (exact) mass is 381 g/mol. The van der Waals surface area contributed by atoms with Crippen LogP contribution in [0.4, 0.5) is 13.2 Å². The molecule has 2 aromatic rings. The largest absolute Gasteiger partial charge is 0.493 e. The Bertz CT molecular complexity index is 730. The number of carbonyl (C=O) groups excluding carboxylic acids is 1. The lowest BCUT2D eigenvalue weighted by Gasteiger charge is -2.10. The van der Waals surface area contributed by atoms with Gasteiger partial charge in [-0.3, -0.25) is 4.79 Å². The zero-order valence-corrected chi connectivity index (χ0v) is 15.0. The zero-order chi connectivity index (χ0) is 19.7. The van der Waals surface area contributed by atoms with Crippen LogP contribution in [0.15, 0.2) is 48.5 Å². The summed E-state index contributed by atoms with van der Waals surface area (Å²) < 4.78 is 46.5. The number of hydrogen-bond acceptors (Lipinski definition) is 3. The highest BCUT2D eigenvalue weighted by atomic mass is 19.4. The van der Waals surface area contributed by atoms with Crippen molar-refractivity contribution in [2.45, 2.75) is 32.5 Å². The van der Waals surface area contributed by atoms with Crippen molar-refractivity contribution in [1.29, 1.82) is 0 Å². The number of para-hydroxylation sites is 1. The molecule has 0 saturated carbocycles. The van der Waals surface area contributed by atoms with Gasteiger partial charge in [0.05, 0.1) is 6.61 Å². The Hall–Kier alpha value is -2.70. The molecule has 0 aliphatic rings. The molecule has 0 radical (unpaired) electrons. The molecule has 146 valence electrons. The lowest BCUT2D eigenvalue weighted by Crippen LogP contribution is -2.23. The Kier molecular flexibility index (Phi) is 7.52. The van der Waals surface area contributed by atoms with Gasteiger partial charge in [0.25, 0.3) is 0 Å². The van der Waals surface area contributed by atoms with E-state index in [0.29, 0.717) is 26.0 Å². The van der Waals surface area contributed by atoms with Gasteiger partial charge in [-0.25, -0.2) is 0 Å². The average molecular weight is 381 g/mol. The number of alkyl halides is 3. The van der Waals surface area contributed by atoms with E-state index in [1.165, 1.54) is 12.1 Å². The van der Waals surface area contributed by atoms with E-state index in [1.807, 2.05) is 31.2 Å². The Morgan fingerprint density at radius 1 is 1.04 bits per heavy atom. The van der Waals surface area contributed by atoms with Gasteiger partial charge in [0.15, 0.2) is 6.61 Å². The molecular formula is C20H22F3NO3. The van der Waals surface area contributed by atoms with Gasteiger partial charge in [-0.2, -0.15) is 13.2 Å². The fraction of sp³-hybridized carbons (Fsp3) is 0.350. The molecular weight excluding hydrogens is 359 g/mol. The highest BCUT2D eigenvalue weighted by molar-refractivity contribution is 5.75. The Morgan fingerprint density at radius 3 is 2.41 bits per heavy atom. The van der Waals surface area contributed by atoms with E-state index in [2.05, 4.69) is 10.1 Å². The fourth-order valence-corrected chi connectivity index (χ4v) is 2.29. The molecule has 27 heavy (non-hydrogen) atoms. The van der Waals surface area contributed by atoms with Crippen LogP contribution in [0.3, 0.4) is 0 Å². The summed E-state index contributed by atoms with van der Waals surface area (Å²) in [4.78, 5) is 11.9. The van der Waals surface area contributed by atoms with Crippen molar-refractivity contribution in [2.75, 3.05) is 13.2 Å². The molecule has 0 atom stereocenters. The van der Waals surface area contributed by atoms with Crippen molar-refractivity contribution >= 4 is 5.91 Å². The number of rotatable bonds is 9. The van der Waals surface area contributed by atoms with Crippen molar-refractivity contribution < 1.29 is 27.4 Å². The van der Waals surface area contributed by atoms with Crippen LogP contribution in [0.5, 0.6) is 11.5 Å². The number of halogens is 3. The first-order valence-corrected chi connectivity index (χ1v) is 8.57. The summed E-state index contributed by atoms with van der Waals surface area (Å²) in [6.07, 6.45) is -3.45. The van der Waals surface area contributed by atoms with Crippen LogP contribution in [0, 0.1) is 6.92 Å². The molecule has 1 amide bonds. The summed E-state index contributed by atoms with van der Waals surface area (Å²) >= 11 is 0. The van der Waals surface area contributed by atoms with E-state index in [1.54, 1.807) is 12.1 Å². The molecule has 0 bridgehead atoms. The van der Waals surface area contributed by atoms with Crippen molar-refractivity contribution in [2.24, 2.45) is 0 Å². The summed E-state index contributed by atoms with van der Waals surface area (Å²) in [6, 6.07) is 13.8. The third kappa shape index (κ3) is 8.02. The van der Waals surface area contributed by atoms with Gasteiger partial charge >= 0.3 is 6.18 Å². The predicted molar refractivity (Wildman–Crippen MR) is 95.7 cm³/mol. The minimum absolute atomic E-state index is 0.110. The van der Waals surface area contributed by atoms with E-state index in [9.17, 15) is 18.0 Å². The second kappa shape index (κ2) is 9.85. The van der Waals surface area contributed by atoms with Gasteiger partial charge in [-0.05, 0) is 42.7 Å². The minimum Gasteiger partial charge on any atom is -0.493 e. The van der Waals surface area contributed by atoms with Gasteiger partial charge in [-0.15, -0.1) is 0 Å². The Morgan fingerprint density at radius 2 is 1.74 bits per heavy atom. The zero-order valence-electron chi connectivity index (χ0n) is 15.0. The molecule has 0 spiro atoms. The molecule has 2 aromatic carbocycles. The first kappa shape index (κ1) is 20.6. The Labute approximate surface area is 156 Å². The van der Waals surface area contributed by atoms with Crippen LogP contribution in [-0.4, -0.2) is 25.3 Å². The molecule has 7 heteroatoms. The quantitative estimate of drug-likeness (QED) is 0.655. The standard InChI is InChI=1S/C20H22F3NO3/c1-15-5-2-3-6-18(15)26-12-4-7-19(25)24-13-16-8-10-17(11-9-16)27-14-20(21,22)23/h2-3,5-6,8-11H,4,7,12-14H2,1H3,(H,24,25). The third-order valence-electron chi connectivity index (χ3n) is 3.71. The highest BCUT2D eigenvalue weighted by Gasteiger charge is 2.28. The number of aryl methyl sites for hydroxylation is 1. The van der Waals surface area contributed by atoms with Crippen molar-refractivity contribution in [1.82, 2.24) is 5.32 Å². The second-order valence-electron chi connectivity index (χ2n) is 6.04. The number of benzene rings is 2. The van der Waals surface area contributed by atoms with Crippen LogP contribution in [0.25, 0.3) is 0 Å². The first-order chi connectivity index (χ1) is 12.8. The SMILES string of the molecule is Cc1ccccc1OCCCC(=O)NCc1ccc(OCC(F)(F)F)cc1. The van der Waals surface area contributed by atoms with Gasteiger partial charge in [0.2, 0.25) is 5.91 Å². The number of ether oxygens (including phenoxy) is 2. The maximum absolute atomic E-state index is 12.1. The molecule has 0 saturated heterocycles. The van der Waals surface area contributed by atoms with Gasteiger partial charge in [0.1, 0.15) is 11.5 Å². The van der Waals surface area contributed by atoms with Crippen LogP contribution < -0.4 is 14.8 Å². The number of hydrogen-bond donors (Lipinski definition) is 1. The predicted octanol–water partition coefficient (Wildman–Crippen LogP) is 4.41. The molecule has 4 nitrogen and oxygen atoms in total. The maximum Gasteiger partial charge on any atom is 0.422 e. The maximum atomic E-state index is 12.1. The lowest BCUT2D eigenvalue weighted by molar-refractivity contribution is -0.153. The van der Waals surface area contributed by atoms with Crippen molar-refractivity contribution in [3.63, 3.8) is 0 Å². The van der Waals surface area contributed by atoms with E-state index >= 15 is 0 Å². The van der Waals surface area contributed by atoms with Crippen molar-refractivity contribution in [3.05, 3.63) is 59.7 Å². The molecule has 0 unspecified atom stereocenters. The summed E-state index contributed by atoms with van der Waals surface area (Å²) in [5.41, 5.74) is 1.82. The third-order valence-corrected chi connectivity index (χ3v) is 3.71. The van der Waals surface area contributed by atoms with Gasteiger partial charge < -0.3 is 14.8 Å². The summed E-state index contributed by atoms with van der Waals surface area (Å²) in [6.45, 7) is 1.38. The van der Waals surface area contributed by atoms with Crippen LogP contribution >= 0.6 is 0 Å². The molecule has 0 aliphatic carbocycles.